The third kappa shape index (κ3) is 6.15. The van der Waals surface area contributed by atoms with Crippen LogP contribution in [0.3, 0.4) is 0 Å². The third-order valence-electron chi connectivity index (χ3n) is 4.93. The highest BCUT2D eigenvalue weighted by Crippen LogP contribution is 2.29. The topological polar surface area (TPSA) is 72.2 Å². The quantitative estimate of drug-likeness (QED) is 0.209. The second kappa shape index (κ2) is 10.6. The second-order valence-corrected chi connectivity index (χ2v) is 8.49. The molecule has 1 heterocycles. The highest BCUT2D eigenvalue weighted by molar-refractivity contribution is 7.99. The smallest absolute Gasteiger partial charge is 0.272 e. The van der Waals surface area contributed by atoms with Crippen LogP contribution in [0, 0.1) is 6.92 Å². The molecule has 178 valence electrons. The van der Waals surface area contributed by atoms with Crippen molar-refractivity contribution in [3.05, 3.63) is 95.6 Å². The number of rotatable bonds is 7. The molecule has 4 rings (SSSR count). The van der Waals surface area contributed by atoms with Crippen LogP contribution in [-0.2, 0) is 11.0 Å². The van der Waals surface area contributed by atoms with Crippen molar-refractivity contribution in [2.45, 2.75) is 18.3 Å². The van der Waals surface area contributed by atoms with Gasteiger partial charge in [-0.3, -0.25) is 9.36 Å². The summed E-state index contributed by atoms with van der Waals surface area (Å²) in [5.74, 6) is 0.278. The average molecular weight is 496 g/mol. The van der Waals surface area contributed by atoms with E-state index in [-0.39, 0.29) is 5.75 Å². The predicted octanol–water partition coefficient (Wildman–Crippen LogP) is 5.50. The van der Waals surface area contributed by atoms with Gasteiger partial charge in [-0.05, 0) is 36.8 Å². The molecule has 0 bridgehead atoms. The van der Waals surface area contributed by atoms with Gasteiger partial charge in [0.05, 0.1) is 17.5 Å². The number of aromatic nitrogens is 3. The van der Waals surface area contributed by atoms with E-state index in [1.807, 2.05) is 66.1 Å². The van der Waals surface area contributed by atoms with Gasteiger partial charge in [-0.2, -0.15) is 18.3 Å². The molecule has 0 aliphatic rings. The summed E-state index contributed by atoms with van der Waals surface area (Å²) in [7, 11) is 0. The first-order valence-electron chi connectivity index (χ1n) is 10.5. The van der Waals surface area contributed by atoms with Crippen LogP contribution < -0.4 is 5.43 Å². The van der Waals surface area contributed by atoms with Crippen molar-refractivity contribution in [1.82, 2.24) is 20.2 Å². The number of amides is 1. The summed E-state index contributed by atoms with van der Waals surface area (Å²) >= 11 is 1.20. The average Bonchev–Trinajstić information content (AvgIpc) is 3.27. The largest absolute Gasteiger partial charge is 0.416 e. The molecule has 35 heavy (non-hydrogen) atoms. The summed E-state index contributed by atoms with van der Waals surface area (Å²) in [5, 5.41) is 13.0. The molecule has 0 aliphatic heterocycles. The molecule has 10 heteroatoms. The first-order chi connectivity index (χ1) is 16.8. The minimum absolute atomic E-state index is 0.0171. The van der Waals surface area contributed by atoms with E-state index in [0.717, 1.165) is 28.9 Å². The van der Waals surface area contributed by atoms with Crippen LogP contribution in [0.1, 0.15) is 16.7 Å². The molecular formula is C25H20F3N5OS. The van der Waals surface area contributed by atoms with E-state index in [1.165, 1.54) is 30.1 Å². The number of thioether (sulfide) groups is 1. The van der Waals surface area contributed by atoms with Crippen LogP contribution in [0.15, 0.2) is 89.1 Å². The Morgan fingerprint density at radius 3 is 2.34 bits per heavy atom. The Morgan fingerprint density at radius 2 is 1.69 bits per heavy atom. The lowest BCUT2D eigenvalue weighted by atomic mass is 10.1. The van der Waals surface area contributed by atoms with E-state index >= 15 is 0 Å². The number of nitrogens with one attached hydrogen (secondary N) is 1. The maximum Gasteiger partial charge on any atom is 0.416 e. The first-order valence-corrected chi connectivity index (χ1v) is 11.5. The monoisotopic (exact) mass is 495 g/mol. The Balaban J connectivity index is 1.44. The molecule has 1 amide bonds. The standard InChI is InChI=1S/C25H20F3N5OS/c1-17-7-11-19(12-8-17)23-31-32-24(33(23)21-5-3-2-4-6-21)35-16-22(34)30-29-15-18-9-13-20(14-10-18)25(26,27)28/h2-15H,16H2,1H3,(H,30,34). The number of carbonyl (C=O) groups is 1. The van der Waals surface area contributed by atoms with Crippen LogP contribution in [0.4, 0.5) is 13.2 Å². The highest BCUT2D eigenvalue weighted by atomic mass is 32.2. The van der Waals surface area contributed by atoms with E-state index in [0.29, 0.717) is 16.5 Å². The lowest BCUT2D eigenvalue weighted by Crippen LogP contribution is -2.20. The minimum atomic E-state index is -4.40. The van der Waals surface area contributed by atoms with E-state index in [4.69, 9.17) is 0 Å². The predicted molar refractivity (Wildman–Crippen MR) is 129 cm³/mol. The molecule has 4 aromatic rings. The summed E-state index contributed by atoms with van der Waals surface area (Å²) < 4.78 is 39.8. The van der Waals surface area contributed by atoms with Gasteiger partial charge in [-0.1, -0.05) is 71.9 Å². The summed E-state index contributed by atoms with van der Waals surface area (Å²) in [5.41, 5.74) is 4.94. The van der Waals surface area contributed by atoms with E-state index < -0.39 is 17.6 Å². The number of para-hydroxylation sites is 1. The maximum atomic E-state index is 12.6. The number of hydrazone groups is 1. The van der Waals surface area contributed by atoms with Crippen molar-refractivity contribution in [3.8, 4) is 17.1 Å². The third-order valence-corrected chi connectivity index (χ3v) is 5.86. The van der Waals surface area contributed by atoms with Crippen molar-refractivity contribution in [3.63, 3.8) is 0 Å². The molecule has 1 N–H and O–H groups in total. The van der Waals surface area contributed by atoms with Crippen LogP contribution in [0.5, 0.6) is 0 Å². The van der Waals surface area contributed by atoms with Crippen molar-refractivity contribution >= 4 is 23.9 Å². The van der Waals surface area contributed by atoms with Gasteiger partial charge in [-0.15, -0.1) is 10.2 Å². The van der Waals surface area contributed by atoms with Gasteiger partial charge in [0.25, 0.3) is 5.91 Å². The Labute approximate surface area is 203 Å². The van der Waals surface area contributed by atoms with E-state index in [1.54, 1.807) is 0 Å². The zero-order valence-electron chi connectivity index (χ0n) is 18.5. The SMILES string of the molecule is Cc1ccc(-c2nnc(SCC(=O)NN=Cc3ccc(C(F)(F)F)cc3)n2-c2ccccc2)cc1. The zero-order chi connectivity index (χ0) is 24.8. The summed E-state index contributed by atoms with van der Waals surface area (Å²) in [6.07, 6.45) is -3.12. The van der Waals surface area contributed by atoms with Gasteiger partial charge in [0, 0.05) is 11.3 Å². The summed E-state index contributed by atoms with van der Waals surface area (Å²) in [6, 6.07) is 22.0. The highest BCUT2D eigenvalue weighted by Gasteiger charge is 2.29. The number of nitrogens with zero attached hydrogens (tertiary/aromatic N) is 4. The second-order valence-electron chi connectivity index (χ2n) is 7.54. The number of alkyl halides is 3. The van der Waals surface area contributed by atoms with Gasteiger partial charge in [0.1, 0.15) is 0 Å². The Hall–Kier alpha value is -3.92. The Bertz CT molecular complexity index is 1320. The molecule has 0 radical (unpaired) electrons. The number of halogens is 3. The molecule has 6 nitrogen and oxygen atoms in total. The summed E-state index contributed by atoms with van der Waals surface area (Å²) in [6.45, 7) is 2.01. The van der Waals surface area contributed by atoms with Crippen molar-refractivity contribution in [1.29, 1.82) is 0 Å². The summed E-state index contributed by atoms with van der Waals surface area (Å²) in [4.78, 5) is 12.3. The molecule has 0 fully saturated rings. The number of hydrogen-bond acceptors (Lipinski definition) is 5. The molecule has 0 atom stereocenters. The lowest BCUT2D eigenvalue weighted by molar-refractivity contribution is -0.137. The molecule has 0 saturated heterocycles. The van der Waals surface area contributed by atoms with Crippen molar-refractivity contribution < 1.29 is 18.0 Å². The van der Waals surface area contributed by atoms with Crippen LogP contribution in [0.25, 0.3) is 17.1 Å². The fourth-order valence-electron chi connectivity index (χ4n) is 3.16. The van der Waals surface area contributed by atoms with Gasteiger partial charge in [0.15, 0.2) is 11.0 Å². The number of aryl methyl sites for hydroxylation is 1. The van der Waals surface area contributed by atoms with E-state index in [9.17, 15) is 18.0 Å². The molecule has 0 spiro atoms. The van der Waals surface area contributed by atoms with Crippen LogP contribution in [0.2, 0.25) is 0 Å². The normalized spacial score (nSPS) is 11.7. The van der Waals surface area contributed by atoms with Crippen LogP contribution in [-0.4, -0.2) is 32.6 Å². The van der Waals surface area contributed by atoms with Gasteiger partial charge < -0.3 is 0 Å². The molecule has 0 saturated carbocycles. The molecule has 0 aliphatic carbocycles. The molecule has 1 aromatic heterocycles. The molecule has 3 aromatic carbocycles. The Kier molecular flexibility index (Phi) is 7.31. The van der Waals surface area contributed by atoms with Gasteiger partial charge in [0.2, 0.25) is 0 Å². The van der Waals surface area contributed by atoms with Crippen molar-refractivity contribution in [2.24, 2.45) is 5.10 Å². The minimum Gasteiger partial charge on any atom is -0.272 e. The number of hydrogen-bond donors (Lipinski definition) is 1. The first kappa shape index (κ1) is 24.2. The maximum absolute atomic E-state index is 12.6. The fraction of sp³-hybridized carbons (Fsp3) is 0.120. The van der Waals surface area contributed by atoms with Crippen LogP contribution >= 0.6 is 11.8 Å². The van der Waals surface area contributed by atoms with E-state index in [2.05, 4.69) is 20.7 Å². The molecular weight excluding hydrogens is 475 g/mol. The van der Waals surface area contributed by atoms with Gasteiger partial charge >= 0.3 is 6.18 Å². The lowest BCUT2D eigenvalue weighted by Gasteiger charge is -2.10. The number of benzene rings is 3. The van der Waals surface area contributed by atoms with Crippen molar-refractivity contribution in [2.75, 3.05) is 5.75 Å². The Morgan fingerprint density at radius 1 is 1.00 bits per heavy atom. The molecule has 0 unspecified atom stereocenters. The zero-order valence-corrected chi connectivity index (χ0v) is 19.3. The fourth-order valence-corrected chi connectivity index (χ4v) is 3.91. The van der Waals surface area contributed by atoms with Gasteiger partial charge in [-0.25, -0.2) is 5.43 Å². The number of carbonyl (C=O) groups excluding carboxylic acids is 1.